The van der Waals surface area contributed by atoms with Crippen LogP contribution in [0.15, 0.2) is 54.6 Å². The largest absolute Gasteiger partial charge is 0.245 e. The van der Waals surface area contributed by atoms with Gasteiger partial charge in [-0.1, -0.05) is 48.5 Å². The van der Waals surface area contributed by atoms with Crippen LogP contribution in [0, 0.1) is 12.7 Å². The highest BCUT2D eigenvalue weighted by atomic mass is 19.1. The fraction of sp³-hybridized carbons (Fsp3) is 0.0625. The van der Waals surface area contributed by atoms with Crippen molar-refractivity contribution in [3.05, 3.63) is 66.0 Å². The van der Waals surface area contributed by atoms with Crippen LogP contribution in [0.3, 0.4) is 0 Å². The Labute approximate surface area is 105 Å². The summed E-state index contributed by atoms with van der Waals surface area (Å²) in [7, 11) is 0. The van der Waals surface area contributed by atoms with Crippen LogP contribution in [-0.4, -0.2) is 4.98 Å². The average Bonchev–Trinajstić information content (AvgIpc) is 2.44. The number of hydrogen-bond acceptors (Lipinski definition) is 1. The topological polar surface area (TPSA) is 12.9 Å². The first-order chi connectivity index (χ1) is 8.77. The molecular formula is C16H12FN. The molecule has 0 aliphatic heterocycles. The second-order valence-electron chi connectivity index (χ2n) is 4.28. The van der Waals surface area contributed by atoms with E-state index in [1.54, 1.807) is 6.92 Å². The minimum atomic E-state index is -0.236. The van der Waals surface area contributed by atoms with Crippen molar-refractivity contribution in [1.29, 1.82) is 0 Å². The molecule has 2 aromatic carbocycles. The van der Waals surface area contributed by atoms with Gasteiger partial charge in [-0.2, -0.15) is 0 Å². The Kier molecular flexibility index (Phi) is 2.56. The van der Waals surface area contributed by atoms with Crippen LogP contribution in [0.5, 0.6) is 0 Å². The summed E-state index contributed by atoms with van der Waals surface area (Å²) in [6.45, 7) is 1.80. The highest BCUT2D eigenvalue weighted by molar-refractivity contribution is 5.85. The molecule has 0 fully saturated rings. The molecule has 1 aromatic heterocycles. The Bertz CT molecular complexity index is 705. The Balaban J connectivity index is 2.34. The summed E-state index contributed by atoms with van der Waals surface area (Å²) in [6.07, 6.45) is 0. The first kappa shape index (κ1) is 10.9. The van der Waals surface area contributed by atoms with Crippen LogP contribution in [0.25, 0.3) is 22.2 Å². The van der Waals surface area contributed by atoms with Crippen LogP contribution in [0.1, 0.15) is 5.56 Å². The van der Waals surface area contributed by atoms with Gasteiger partial charge in [0.25, 0.3) is 0 Å². The molecule has 0 unspecified atom stereocenters. The van der Waals surface area contributed by atoms with Crippen molar-refractivity contribution in [2.75, 3.05) is 0 Å². The lowest BCUT2D eigenvalue weighted by Gasteiger charge is -2.08. The number of fused-ring (bicyclic) bond motifs is 1. The van der Waals surface area contributed by atoms with Crippen molar-refractivity contribution >= 4 is 10.9 Å². The summed E-state index contributed by atoms with van der Waals surface area (Å²) in [5.74, 6) is -0.236. The molecule has 0 aliphatic rings. The monoisotopic (exact) mass is 237 g/mol. The Morgan fingerprint density at radius 1 is 0.889 bits per heavy atom. The molecule has 0 spiro atoms. The van der Waals surface area contributed by atoms with E-state index in [0.29, 0.717) is 11.3 Å². The Morgan fingerprint density at radius 2 is 1.56 bits per heavy atom. The summed E-state index contributed by atoms with van der Waals surface area (Å²) in [5.41, 5.74) is 2.71. The van der Waals surface area contributed by atoms with Crippen molar-refractivity contribution in [2.45, 2.75) is 6.92 Å². The normalized spacial score (nSPS) is 10.8. The molecular weight excluding hydrogens is 225 g/mol. The molecule has 0 amide bonds. The molecule has 0 saturated heterocycles. The first-order valence-electron chi connectivity index (χ1n) is 5.87. The number of rotatable bonds is 1. The second kappa shape index (κ2) is 4.22. The van der Waals surface area contributed by atoms with Gasteiger partial charge in [-0.15, -0.1) is 0 Å². The molecule has 88 valence electrons. The summed E-state index contributed by atoms with van der Waals surface area (Å²) < 4.78 is 14.4. The van der Waals surface area contributed by atoms with Gasteiger partial charge in [0, 0.05) is 10.9 Å². The van der Waals surface area contributed by atoms with Crippen molar-refractivity contribution < 1.29 is 4.39 Å². The van der Waals surface area contributed by atoms with Gasteiger partial charge in [0.2, 0.25) is 0 Å². The standard InChI is InChI=1S/C16H12FN/c1-11-13-9-5-6-10-14(13)18-16(15(11)17)12-7-3-2-4-8-12/h2-10H,1H3. The van der Waals surface area contributed by atoms with E-state index in [4.69, 9.17) is 0 Å². The lowest BCUT2D eigenvalue weighted by Crippen LogP contribution is -1.95. The smallest absolute Gasteiger partial charge is 0.153 e. The molecule has 3 rings (SSSR count). The molecule has 0 saturated carbocycles. The maximum atomic E-state index is 14.4. The summed E-state index contributed by atoms with van der Waals surface area (Å²) in [5, 5.41) is 0.870. The number of benzene rings is 2. The van der Waals surface area contributed by atoms with Crippen molar-refractivity contribution in [1.82, 2.24) is 4.98 Å². The van der Waals surface area contributed by atoms with Crippen molar-refractivity contribution in [2.24, 2.45) is 0 Å². The average molecular weight is 237 g/mol. The van der Waals surface area contributed by atoms with Crippen LogP contribution >= 0.6 is 0 Å². The van der Waals surface area contributed by atoms with E-state index >= 15 is 0 Å². The zero-order valence-corrected chi connectivity index (χ0v) is 10.0. The van der Waals surface area contributed by atoms with E-state index in [0.717, 1.165) is 16.5 Å². The molecule has 2 heteroatoms. The number of halogens is 1. The third-order valence-electron chi connectivity index (χ3n) is 3.12. The van der Waals surface area contributed by atoms with E-state index in [9.17, 15) is 4.39 Å². The van der Waals surface area contributed by atoms with Crippen LogP contribution < -0.4 is 0 Å². The summed E-state index contributed by atoms with van der Waals surface area (Å²) >= 11 is 0. The van der Waals surface area contributed by atoms with Crippen molar-refractivity contribution in [3.63, 3.8) is 0 Å². The van der Waals surface area contributed by atoms with E-state index in [1.165, 1.54) is 0 Å². The molecule has 0 N–H and O–H groups in total. The number of nitrogens with zero attached hydrogens (tertiary/aromatic N) is 1. The SMILES string of the molecule is Cc1c(F)c(-c2ccccc2)nc2ccccc12. The maximum Gasteiger partial charge on any atom is 0.153 e. The molecule has 0 atom stereocenters. The molecule has 0 radical (unpaired) electrons. The summed E-state index contributed by atoms with van der Waals surface area (Å²) in [4.78, 5) is 4.43. The highest BCUT2D eigenvalue weighted by Crippen LogP contribution is 2.27. The lowest BCUT2D eigenvalue weighted by atomic mass is 10.0. The fourth-order valence-electron chi connectivity index (χ4n) is 2.14. The number of pyridine rings is 1. The zero-order chi connectivity index (χ0) is 12.5. The number of hydrogen-bond donors (Lipinski definition) is 0. The van der Waals surface area contributed by atoms with Gasteiger partial charge in [-0.05, 0) is 18.6 Å². The quantitative estimate of drug-likeness (QED) is 0.613. The minimum Gasteiger partial charge on any atom is -0.245 e. The van der Waals surface area contributed by atoms with E-state index in [-0.39, 0.29) is 5.82 Å². The maximum absolute atomic E-state index is 14.4. The lowest BCUT2D eigenvalue weighted by molar-refractivity contribution is 0.619. The van der Waals surface area contributed by atoms with Gasteiger partial charge in [0.15, 0.2) is 5.82 Å². The number of aryl methyl sites for hydroxylation is 1. The predicted molar refractivity (Wildman–Crippen MR) is 71.9 cm³/mol. The minimum absolute atomic E-state index is 0.236. The van der Waals surface area contributed by atoms with E-state index < -0.39 is 0 Å². The van der Waals surface area contributed by atoms with Gasteiger partial charge in [0.05, 0.1) is 5.52 Å². The highest BCUT2D eigenvalue weighted by Gasteiger charge is 2.12. The first-order valence-corrected chi connectivity index (χ1v) is 5.87. The van der Waals surface area contributed by atoms with E-state index in [2.05, 4.69) is 4.98 Å². The molecule has 18 heavy (non-hydrogen) atoms. The van der Waals surface area contributed by atoms with Gasteiger partial charge in [0.1, 0.15) is 5.69 Å². The van der Waals surface area contributed by atoms with Gasteiger partial charge in [-0.3, -0.25) is 0 Å². The Morgan fingerprint density at radius 3 is 2.33 bits per heavy atom. The second-order valence-corrected chi connectivity index (χ2v) is 4.28. The predicted octanol–water partition coefficient (Wildman–Crippen LogP) is 4.35. The fourth-order valence-corrected chi connectivity index (χ4v) is 2.14. The number of aromatic nitrogens is 1. The molecule has 3 aromatic rings. The third kappa shape index (κ3) is 1.66. The molecule has 1 heterocycles. The van der Waals surface area contributed by atoms with Crippen molar-refractivity contribution in [3.8, 4) is 11.3 Å². The van der Waals surface area contributed by atoms with Gasteiger partial charge < -0.3 is 0 Å². The molecule has 0 bridgehead atoms. The molecule has 1 nitrogen and oxygen atoms in total. The molecule has 0 aliphatic carbocycles. The number of para-hydroxylation sites is 1. The van der Waals surface area contributed by atoms with E-state index in [1.807, 2.05) is 54.6 Å². The van der Waals surface area contributed by atoms with Gasteiger partial charge in [-0.25, -0.2) is 9.37 Å². The van der Waals surface area contributed by atoms with Crippen LogP contribution in [-0.2, 0) is 0 Å². The van der Waals surface area contributed by atoms with Crippen LogP contribution in [0.2, 0.25) is 0 Å². The van der Waals surface area contributed by atoms with Crippen LogP contribution in [0.4, 0.5) is 4.39 Å². The third-order valence-corrected chi connectivity index (χ3v) is 3.12. The van der Waals surface area contributed by atoms with Gasteiger partial charge >= 0.3 is 0 Å². The zero-order valence-electron chi connectivity index (χ0n) is 10.0. The Hall–Kier alpha value is -2.22. The summed E-state index contributed by atoms with van der Waals surface area (Å²) in [6, 6.07) is 17.1.